The summed E-state index contributed by atoms with van der Waals surface area (Å²) in [5, 5.41) is 5.15. The molecule has 0 bridgehead atoms. The van der Waals surface area contributed by atoms with E-state index in [1.54, 1.807) is 0 Å². The van der Waals surface area contributed by atoms with Crippen LogP contribution in [-0.4, -0.2) is 55.0 Å². The van der Waals surface area contributed by atoms with Crippen LogP contribution in [0.3, 0.4) is 0 Å². The lowest BCUT2D eigenvalue weighted by molar-refractivity contribution is 0.102. The molecule has 3 aromatic carbocycles. The predicted octanol–water partition coefficient (Wildman–Crippen LogP) is 5.94. The minimum absolute atomic E-state index is 0.0848. The Hall–Kier alpha value is -2.89. The van der Waals surface area contributed by atoms with Crippen LogP contribution < -0.4 is 10.1 Å². The van der Waals surface area contributed by atoms with E-state index in [9.17, 15) is 4.79 Å². The molecule has 5 heteroatoms. The number of hydrogen-bond acceptors (Lipinski definition) is 4. The minimum Gasteiger partial charge on any atom is -0.492 e. The first-order valence-corrected chi connectivity index (χ1v) is 13.3. The van der Waals surface area contributed by atoms with Gasteiger partial charge in [0.05, 0.1) is 0 Å². The number of likely N-dealkylation sites (tertiary alicyclic amines) is 2. The fourth-order valence-corrected chi connectivity index (χ4v) is 5.31. The molecule has 0 unspecified atom stereocenters. The van der Waals surface area contributed by atoms with E-state index in [1.807, 2.05) is 42.5 Å². The quantitative estimate of drug-likeness (QED) is 0.441. The first-order valence-electron chi connectivity index (χ1n) is 13.3. The second-order valence-corrected chi connectivity index (χ2v) is 9.90. The van der Waals surface area contributed by atoms with E-state index in [-0.39, 0.29) is 5.91 Å². The number of amides is 1. The molecule has 1 amide bonds. The highest BCUT2D eigenvalue weighted by Crippen LogP contribution is 2.32. The molecule has 0 atom stereocenters. The largest absolute Gasteiger partial charge is 0.492 e. The highest BCUT2D eigenvalue weighted by atomic mass is 16.5. The average Bonchev–Trinajstić information content (AvgIpc) is 2.91. The number of fused-ring (bicyclic) bond motifs is 1. The second-order valence-electron chi connectivity index (χ2n) is 9.90. The molecule has 2 heterocycles. The molecule has 2 aliphatic heterocycles. The van der Waals surface area contributed by atoms with Gasteiger partial charge in [0, 0.05) is 35.1 Å². The molecule has 0 aliphatic carbocycles. The standard InChI is InChI=1S/C30H37N3O2/c34-30(25-13-11-24(12-14-25)23-33-19-7-2-8-20-33)31-28-15-16-29(27-10-4-3-9-26(27)28)35-22-21-32-17-5-1-6-18-32/h3-4,9-16H,1-2,5-8,17-23H2,(H,31,34). The molecule has 5 nitrogen and oxygen atoms in total. The fraction of sp³-hybridized carbons (Fsp3) is 0.433. The molecule has 2 aliphatic rings. The van der Waals surface area contributed by atoms with E-state index >= 15 is 0 Å². The third kappa shape index (κ3) is 6.22. The maximum Gasteiger partial charge on any atom is 0.255 e. The monoisotopic (exact) mass is 471 g/mol. The molecular formula is C30H37N3O2. The molecular weight excluding hydrogens is 434 g/mol. The van der Waals surface area contributed by atoms with E-state index in [1.165, 1.54) is 70.3 Å². The highest BCUT2D eigenvalue weighted by Gasteiger charge is 2.14. The van der Waals surface area contributed by atoms with Crippen LogP contribution in [-0.2, 0) is 6.54 Å². The molecule has 0 spiro atoms. The lowest BCUT2D eigenvalue weighted by Gasteiger charge is -2.26. The van der Waals surface area contributed by atoms with Crippen molar-refractivity contribution in [2.45, 2.75) is 45.1 Å². The van der Waals surface area contributed by atoms with Gasteiger partial charge in [0.25, 0.3) is 5.91 Å². The van der Waals surface area contributed by atoms with Crippen LogP contribution in [0.25, 0.3) is 10.8 Å². The third-order valence-corrected chi connectivity index (χ3v) is 7.32. The number of rotatable bonds is 8. The Morgan fingerprint density at radius 2 is 1.40 bits per heavy atom. The Kier molecular flexibility index (Phi) is 7.96. The summed E-state index contributed by atoms with van der Waals surface area (Å²) in [4.78, 5) is 18.0. The van der Waals surface area contributed by atoms with Crippen LogP contribution >= 0.6 is 0 Å². The van der Waals surface area contributed by atoms with Gasteiger partial charge in [-0.15, -0.1) is 0 Å². The van der Waals surface area contributed by atoms with Crippen LogP contribution in [0.1, 0.15) is 54.4 Å². The Labute approximate surface area is 209 Å². The summed E-state index contributed by atoms with van der Waals surface area (Å²) in [5.74, 6) is 0.788. The summed E-state index contributed by atoms with van der Waals surface area (Å²) >= 11 is 0. The van der Waals surface area contributed by atoms with Crippen molar-refractivity contribution < 1.29 is 9.53 Å². The van der Waals surface area contributed by atoms with Crippen molar-refractivity contribution in [3.63, 3.8) is 0 Å². The van der Waals surface area contributed by atoms with E-state index in [2.05, 4.69) is 33.3 Å². The lowest BCUT2D eigenvalue weighted by atomic mass is 10.1. The van der Waals surface area contributed by atoms with E-state index in [4.69, 9.17) is 4.74 Å². The van der Waals surface area contributed by atoms with Crippen molar-refractivity contribution in [3.8, 4) is 5.75 Å². The number of piperidine rings is 2. The predicted molar refractivity (Wildman–Crippen MR) is 143 cm³/mol. The first kappa shape index (κ1) is 23.8. The van der Waals surface area contributed by atoms with Crippen molar-refractivity contribution in [1.29, 1.82) is 0 Å². The number of nitrogens with zero attached hydrogens (tertiary/aromatic N) is 2. The lowest BCUT2D eigenvalue weighted by Crippen LogP contribution is -2.33. The summed E-state index contributed by atoms with van der Waals surface area (Å²) < 4.78 is 6.18. The van der Waals surface area contributed by atoms with Crippen LogP contribution in [0.5, 0.6) is 5.75 Å². The van der Waals surface area contributed by atoms with Gasteiger partial charge in [0.15, 0.2) is 0 Å². The summed E-state index contributed by atoms with van der Waals surface area (Å²) in [6.07, 6.45) is 7.85. The topological polar surface area (TPSA) is 44.8 Å². The smallest absolute Gasteiger partial charge is 0.255 e. The second kappa shape index (κ2) is 11.7. The number of carbonyl (C=O) groups excluding carboxylic acids is 1. The Morgan fingerprint density at radius 1 is 0.743 bits per heavy atom. The molecule has 1 N–H and O–H groups in total. The summed E-state index contributed by atoms with van der Waals surface area (Å²) in [6, 6.07) is 20.1. The average molecular weight is 472 g/mol. The van der Waals surface area contributed by atoms with E-state index in [0.717, 1.165) is 35.3 Å². The number of benzene rings is 3. The molecule has 35 heavy (non-hydrogen) atoms. The van der Waals surface area contributed by atoms with Crippen molar-refractivity contribution in [1.82, 2.24) is 9.80 Å². The summed E-state index contributed by atoms with van der Waals surface area (Å²) in [6.45, 7) is 7.30. The van der Waals surface area contributed by atoms with Gasteiger partial charge < -0.3 is 10.1 Å². The van der Waals surface area contributed by atoms with E-state index < -0.39 is 0 Å². The normalized spacial score (nSPS) is 17.4. The van der Waals surface area contributed by atoms with Crippen LogP contribution in [0.2, 0.25) is 0 Å². The molecule has 2 saturated heterocycles. The number of anilines is 1. The van der Waals surface area contributed by atoms with Gasteiger partial charge in [-0.1, -0.05) is 49.2 Å². The number of ether oxygens (including phenoxy) is 1. The van der Waals surface area contributed by atoms with Crippen molar-refractivity contribution in [2.75, 3.05) is 44.6 Å². The molecule has 3 aromatic rings. The van der Waals surface area contributed by atoms with Gasteiger partial charge in [-0.25, -0.2) is 0 Å². The number of carbonyl (C=O) groups is 1. The molecule has 0 aromatic heterocycles. The van der Waals surface area contributed by atoms with Crippen molar-refractivity contribution in [2.24, 2.45) is 0 Å². The minimum atomic E-state index is -0.0848. The highest BCUT2D eigenvalue weighted by molar-refractivity contribution is 6.10. The van der Waals surface area contributed by atoms with Gasteiger partial charge in [0.2, 0.25) is 0 Å². The van der Waals surface area contributed by atoms with E-state index in [0.29, 0.717) is 12.2 Å². The fourth-order valence-electron chi connectivity index (χ4n) is 5.31. The maximum absolute atomic E-state index is 13.0. The van der Waals surface area contributed by atoms with Gasteiger partial charge in [-0.05, 0) is 81.7 Å². The van der Waals surface area contributed by atoms with Gasteiger partial charge in [-0.3, -0.25) is 14.6 Å². The zero-order chi connectivity index (χ0) is 23.9. The molecule has 0 saturated carbocycles. The molecule has 5 rings (SSSR count). The molecule has 184 valence electrons. The van der Waals surface area contributed by atoms with Gasteiger partial charge >= 0.3 is 0 Å². The zero-order valence-electron chi connectivity index (χ0n) is 20.7. The van der Waals surface area contributed by atoms with Gasteiger partial charge in [0.1, 0.15) is 12.4 Å². The van der Waals surface area contributed by atoms with Crippen LogP contribution in [0.15, 0.2) is 60.7 Å². The van der Waals surface area contributed by atoms with Crippen molar-refractivity contribution in [3.05, 3.63) is 71.8 Å². The summed E-state index contributed by atoms with van der Waals surface area (Å²) in [7, 11) is 0. The number of hydrogen-bond donors (Lipinski definition) is 1. The van der Waals surface area contributed by atoms with Crippen LogP contribution in [0, 0.1) is 0 Å². The van der Waals surface area contributed by atoms with Crippen LogP contribution in [0.4, 0.5) is 5.69 Å². The zero-order valence-corrected chi connectivity index (χ0v) is 20.7. The summed E-state index contributed by atoms with van der Waals surface area (Å²) in [5.41, 5.74) is 2.75. The third-order valence-electron chi connectivity index (χ3n) is 7.32. The first-order chi connectivity index (χ1) is 17.3. The molecule has 0 radical (unpaired) electrons. The Morgan fingerprint density at radius 3 is 2.11 bits per heavy atom. The molecule has 2 fully saturated rings. The Bertz CT molecular complexity index is 1120. The number of nitrogens with one attached hydrogen (secondary N) is 1. The SMILES string of the molecule is O=C(Nc1ccc(OCCN2CCCCC2)c2ccccc12)c1ccc(CN2CCCCC2)cc1. The van der Waals surface area contributed by atoms with Crippen molar-refractivity contribution >= 4 is 22.4 Å². The maximum atomic E-state index is 13.0. The Balaban J connectivity index is 1.23. The van der Waals surface area contributed by atoms with Gasteiger partial charge in [-0.2, -0.15) is 0 Å².